The summed E-state index contributed by atoms with van der Waals surface area (Å²) in [6.07, 6.45) is 4.98. The second-order valence-electron chi connectivity index (χ2n) is 4.22. The SMILES string of the molecule is C=CCC1CC2(CCN1C)OCCO2. The van der Waals surface area contributed by atoms with Gasteiger partial charge in [-0.3, -0.25) is 0 Å². The Morgan fingerprint density at radius 2 is 2.21 bits per heavy atom. The van der Waals surface area contributed by atoms with Gasteiger partial charge >= 0.3 is 0 Å². The van der Waals surface area contributed by atoms with E-state index in [1.165, 1.54) is 0 Å². The van der Waals surface area contributed by atoms with Gasteiger partial charge in [0.05, 0.1) is 13.2 Å². The van der Waals surface area contributed by atoms with E-state index >= 15 is 0 Å². The highest BCUT2D eigenvalue weighted by atomic mass is 16.7. The summed E-state index contributed by atoms with van der Waals surface area (Å²) < 4.78 is 11.4. The van der Waals surface area contributed by atoms with Crippen LogP contribution in [0.25, 0.3) is 0 Å². The molecule has 0 aromatic heterocycles. The number of hydrogen-bond donors (Lipinski definition) is 0. The van der Waals surface area contributed by atoms with Crippen LogP contribution >= 0.6 is 0 Å². The molecule has 0 aromatic carbocycles. The van der Waals surface area contributed by atoms with Crippen molar-refractivity contribution in [1.29, 1.82) is 0 Å². The lowest BCUT2D eigenvalue weighted by Crippen LogP contribution is -2.49. The molecule has 0 radical (unpaired) electrons. The Balaban J connectivity index is 2.00. The molecule has 14 heavy (non-hydrogen) atoms. The average Bonchev–Trinajstić information content (AvgIpc) is 2.61. The molecule has 0 saturated carbocycles. The van der Waals surface area contributed by atoms with Crippen LogP contribution in [0.5, 0.6) is 0 Å². The van der Waals surface area contributed by atoms with Crippen molar-refractivity contribution in [2.24, 2.45) is 0 Å². The Kier molecular flexibility index (Phi) is 2.91. The minimum absolute atomic E-state index is 0.264. The van der Waals surface area contributed by atoms with E-state index in [2.05, 4.69) is 18.5 Å². The summed E-state index contributed by atoms with van der Waals surface area (Å²) in [6.45, 7) is 6.36. The van der Waals surface area contributed by atoms with Gasteiger partial charge in [0.25, 0.3) is 0 Å². The Hall–Kier alpha value is -0.380. The van der Waals surface area contributed by atoms with Crippen LogP contribution in [0.4, 0.5) is 0 Å². The molecule has 1 unspecified atom stereocenters. The number of hydrogen-bond acceptors (Lipinski definition) is 3. The van der Waals surface area contributed by atoms with Gasteiger partial charge in [0, 0.05) is 25.4 Å². The molecule has 0 bridgehead atoms. The molecular weight excluding hydrogens is 178 g/mol. The highest BCUT2D eigenvalue weighted by Gasteiger charge is 2.42. The summed E-state index contributed by atoms with van der Waals surface area (Å²) in [5.41, 5.74) is 0. The van der Waals surface area contributed by atoms with Gasteiger partial charge in [0.15, 0.2) is 5.79 Å². The molecule has 0 N–H and O–H groups in total. The van der Waals surface area contributed by atoms with Crippen LogP contribution in [0.1, 0.15) is 19.3 Å². The smallest absolute Gasteiger partial charge is 0.171 e. The third kappa shape index (κ3) is 1.85. The van der Waals surface area contributed by atoms with Gasteiger partial charge in [-0.05, 0) is 13.5 Å². The summed E-state index contributed by atoms with van der Waals surface area (Å²) in [5.74, 6) is -0.264. The maximum atomic E-state index is 5.72. The van der Waals surface area contributed by atoms with Crippen molar-refractivity contribution in [3.05, 3.63) is 12.7 Å². The molecule has 3 nitrogen and oxygen atoms in total. The summed E-state index contributed by atoms with van der Waals surface area (Å²) in [5, 5.41) is 0. The minimum atomic E-state index is -0.264. The largest absolute Gasteiger partial charge is 0.347 e. The number of piperidine rings is 1. The molecule has 2 heterocycles. The van der Waals surface area contributed by atoms with Crippen molar-refractivity contribution < 1.29 is 9.47 Å². The third-order valence-electron chi connectivity index (χ3n) is 3.27. The second kappa shape index (κ2) is 4.01. The molecule has 0 aromatic rings. The van der Waals surface area contributed by atoms with E-state index in [1.54, 1.807) is 0 Å². The van der Waals surface area contributed by atoms with Crippen LogP contribution in [0.15, 0.2) is 12.7 Å². The van der Waals surface area contributed by atoms with E-state index in [9.17, 15) is 0 Å². The van der Waals surface area contributed by atoms with Gasteiger partial charge < -0.3 is 14.4 Å². The van der Waals surface area contributed by atoms with Crippen molar-refractivity contribution in [1.82, 2.24) is 4.90 Å². The lowest BCUT2D eigenvalue weighted by Gasteiger charge is -2.41. The molecule has 2 rings (SSSR count). The fourth-order valence-electron chi connectivity index (χ4n) is 2.36. The van der Waals surface area contributed by atoms with Crippen molar-refractivity contribution in [2.45, 2.75) is 31.1 Å². The normalized spacial score (nSPS) is 32.2. The van der Waals surface area contributed by atoms with Crippen LogP contribution in [0, 0.1) is 0 Å². The van der Waals surface area contributed by atoms with Crippen LogP contribution in [0.2, 0.25) is 0 Å². The molecule has 2 saturated heterocycles. The maximum absolute atomic E-state index is 5.72. The van der Waals surface area contributed by atoms with Gasteiger partial charge in [-0.25, -0.2) is 0 Å². The predicted octanol–water partition coefficient (Wildman–Crippen LogP) is 1.40. The quantitative estimate of drug-likeness (QED) is 0.625. The lowest BCUT2D eigenvalue weighted by molar-refractivity contribution is -0.194. The zero-order chi connectivity index (χ0) is 10.0. The molecule has 0 aliphatic carbocycles. The lowest BCUT2D eigenvalue weighted by atomic mass is 9.94. The number of rotatable bonds is 2. The summed E-state index contributed by atoms with van der Waals surface area (Å²) >= 11 is 0. The van der Waals surface area contributed by atoms with Crippen LogP contribution in [-0.4, -0.2) is 43.5 Å². The van der Waals surface area contributed by atoms with Gasteiger partial charge in [0.2, 0.25) is 0 Å². The molecular formula is C11H19NO2. The van der Waals surface area contributed by atoms with Crippen molar-refractivity contribution in [3.63, 3.8) is 0 Å². The number of nitrogens with zero attached hydrogens (tertiary/aromatic N) is 1. The zero-order valence-electron chi connectivity index (χ0n) is 8.87. The van der Waals surface area contributed by atoms with Gasteiger partial charge in [-0.15, -0.1) is 6.58 Å². The second-order valence-corrected chi connectivity index (χ2v) is 4.22. The summed E-state index contributed by atoms with van der Waals surface area (Å²) in [7, 11) is 2.16. The Morgan fingerprint density at radius 1 is 1.50 bits per heavy atom. The molecule has 0 amide bonds. The van der Waals surface area contributed by atoms with E-state index in [4.69, 9.17) is 9.47 Å². The van der Waals surface area contributed by atoms with Crippen LogP contribution < -0.4 is 0 Å². The van der Waals surface area contributed by atoms with Crippen LogP contribution in [0.3, 0.4) is 0 Å². The van der Waals surface area contributed by atoms with Crippen molar-refractivity contribution in [3.8, 4) is 0 Å². The fourth-order valence-corrected chi connectivity index (χ4v) is 2.36. The first kappa shape index (κ1) is 10.1. The Morgan fingerprint density at radius 3 is 2.86 bits per heavy atom. The van der Waals surface area contributed by atoms with Crippen molar-refractivity contribution >= 4 is 0 Å². The first-order chi connectivity index (χ1) is 6.76. The van der Waals surface area contributed by atoms with E-state index in [1.807, 2.05) is 6.08 Å². The summed E-state index contributed by atoms with van der Waals surface area (Å²) in [4.78, 5) is 2.37. The van der Waals surface area contributed by atoms with E-state index < -0.39 is 0 Å². The van der Waals surface area contributed by atoms with E-state index in [0.717, 1.165) is 39.0 Å². The highest BCUT2D eigenvalue weighted by Crippen LogP contribution is 2.34. The number of likely N-dealkylation sites (tertiary alicyclic amines) is 1. The molecule has 1 atom stereocenters. The van der Waals surface area contributed by atoms with Gasteiger partial charge in [-0.1, -0.05) is 6.08 Å². The number of ether oxygens (including phenoxy) is 2. The first-order valence-electron chi connectivity index (χ1n) is 5.35. The highest BCUT2D eigenvalue weighted by molar-refractivity contribution is 4.91. The molecule has 2 aliphatic rings. The third-order valence-corrected chi connectivity index (χ3v) is 3.27. The minimum Gasteiger partial charge on any atom is -0.347 e. The predicted molar refractivity (Wildman–Crippen MR) is 55.1 cm³/mol. The monoisotopic (exact) mass is 197 g/mol. The molecule has 2 aliphatic heterocycles. The Labute approximate surface area is 85.7 Å². The molecule has 3 heteroatoms. The average molecular weight is 197 g/mol. The first-order valence-corrected chi connectivity index (χ1v) is 5.35. The summed E-state index contributed by atoms with van der Waals surface area (Å²) in [6, 6.07) is 0.527. The van der Waals surface area contributed by atoms with Gasteiger partial charge in [-0.2, -0.15) is 0 Å². The Bertz CT molecular complexity index is 211. The zero-order valence-corrected chi connectivity index (χ0v) is 8.87. The van der Waals surface area contributed by atoms with E-state index in [-0.39, 0.29) is 5.79 Å². The van der Waals surface area contributed by atoms with Gasteiger partial charge in [0.1, 0.15) is 0 Å². The standard InChI is InChI=1S/C11H19NO2/c1-3-4-10-9-11(5-6-12(10)2)13-7-8-14-11/h3,10H,1,4-9H2,2H3. The fraction of sp³-hybridized carbons (Fsp3) is 0.818. The van der Waals surface area contributed by atoms with Crippen molar-refractivity contribution in [2.75, 3.05) is 26.8 Å². The maximum Gasteiger partial charge on any atom is 0.171 e. The molecule has 1 spiro atoms. The molecule has 2 fully saturated rings. The molecule has 80 valence electrons. The van der Waals surface area contributed by atoms with Crippen LogP contribution in [-0.2, 0) is 9.47 Å². The topological polar surface area (TPSA) is 21.7 Å². The van der Waals surface area contributed by atoms with E-state index in [0.29, 0.717) is 6.04 Å².